The van der Waals surface area contributed by atoms with E-state index in [0.717, 1.165) is 11.1 Å². The maximum Gasteiger partial charge on any atom is 0.228 e. The second-order valence-electron chi connectivity index (χ2n) is 4.78. The zero-order chi connectivity index (χ0) is 14.5. The number of anilines is 1. The number of rotatable bonds is 4. The van der Waals surface area contributed by atoms with E-state index in [-0.39, 0.29) is 11.7 Å². The van der Waals surface area contributed by atoms with Gasteiger partial charge in [0, 0.05) is 11.3 Å². The Hall–Kier alpha value is -2.42. The first kappa shape index (κ1) is 14.0. The van der Waals surface area contributed by atoms with Gasteiger partial charge in [0.1, 0.15) is 0 Å². The van der Waals surface area contributed by atoms with E-state index in [0.29, 0.717) is 17.7 Å². The Morgan fingerprint density at radius 1 is 1.00 bits per heavy atom. The van der Waals surface area contributed by atoms with Crippen LogP contribution in [-0.2, 0) is 11.2 Å². The Balaban J connectivity index is 2.01. The molecule has 0 heterocycles. The average molecular weight is 267 g/mol. The van der Waals surface area contributed by atoms with E-state index in [9.17, 15) is 9.59 Å². The molecule has 0 unspecified atom stereocenters. The van der Waals surface area contributed by atoms with Gasteiger partial charge in [-0.15, -0.1) is 0 Å². The van der Waals surface area contributed by atoms with Crippen LogP contribution in [-0.4, -0.2) is 11.7 Å². The minimum Gasteiger partial charge on any atom is -0.326 e. The van der Waals surface area contributed by atoms with Crippen LogP contribution in [0.1, 0.15) is 28.4 Å². The van der Waals surface area contributed by atoms with E-state index < -0.39 is 0 Å². The molecular formula is C17H17NO2. The lowest BCUT2D eigenvalue weighted by Crippen LogP contribution is -2.15. The van der Waals surface area contributed by atoms with Crippen molar-refractivity contribution in [2.75, 3.05) is 5.32 Å². The van der Waals surface area contributed by atoms with Crippen LogP contribution < -0.4 is 5.32 Å². The second kappa shape index (κ2) is 6.15. The smallest absolute Gasteiger partial charge is 0.228 e. The highest BCUT2D eigenvalue weighted by Crippen LogP contribution is 2.12. The van der Waals surface area contributed by atoms with Crippen molar-refractivity contribution in [2.45, 2.75) is 20.3 Å². The van der Waals surface area contributed by atoms with Gasteiger partial charge < -0.3 is 5.32 Å². The minimum atomic E-state index is -0.0603. The Bertz CT molecular complexity index is 630. The van der Waals surface area contributed by atoms with Crippen molar-refractivity contribution in [3.63, 3.8) is 0 Å². The van der Waals surface area contributed by atoms with Crippen molar-refractivity contribution in [3.8, 4) is 0 Å². The lowest BCUT2D eigenvalue weighted by molar-refractivity contribution is -0.115. The minimum absolute atomic E-state index is 0.0165. The van der Waals surface area contributed by atoms with E-state index in [2.05, 4.69) is 5.32 Å². The quantitative estimate of drug-likeness (QED) is 0.863. The number of Topliss-reactive ketones (excluding diaryl/α,β-unsaturated/α-hetero) is 1. The predicted molar refractivity (Wildman–Crippen MR) is 80.0 cm³/mol. The van der Waals surface area contributed by atoms with Gasteiger partial charge in [0.2, 0.25) is 5.91 Å². The highest BCUT2D eigenvalue weighted by molar-refractivity contribution is 5.96. The summed E-state index contributed by atoms with van der Waals surface area (Å²) in [7, 11) is 0. The number of ketones is 1. The van der Waals surface area contributed by atoms with Gasteiger partial charge >= 0.3 is 0 Å². The van der Waals surface area contributed by atoms with Crippen molar-refractivity contribution < 1.29 is 9.59 Å². The van der Waals surface area contributed by atoms with Gasteiger partial charge in [0.05, 0.1) is 6.42 Å². The van der Waals surface area contributed by atoms with Gasteiger partial charge in [-0.05, 0) is 49.2 Å². The highest BCUT2D eigenvalue weighted by atomic mass is 16.1. The number of hydrogen-bond donors (Lipinski definition) is 1. The summed E-state index contributed by atoms with van der Waals surface area (Å²) in [4.78, 5) is 23.1. The zero-order valence-electron chi connectivity index (χ0n) is 11.6. The largest absolute Gasteiger partial charge is 0.326 e. The van der Waals surface area contributed by atoms with Crippen molar-refractivity contribution in [3.05, 3.63) is 65.2 Å². The van der Waals surface area contributed by atoms with Crippen molar-refractivity contribution in [2.24, 2.45) is 0 Å². The summed E-state index contributed by atoms with van der Waals surface area (Å²) in [5.41, 5.74) is 3.47. The maximum absolute atomic E-state index is 12.0. The summed E-state index contributed by atoms with van der Waals surface area (Å²) in [6.45, 7) is 3.51. The first-order valence-electron chi connectivity index (χ1n) is 6.51. The Morgan fingerprint density at radius 3 is 2.25 bits per heavy atom. The summed E-state index contributed by atoms with van der Waals surface area (Å²) in [5.74, 6) is -0.0438. The molecule has 0 fully saturated rings. The molecule has 0 aliphatic carbocycles. The van der Waals surface area contributed by atoms with Gasteiger partial charge in [0.15, 0.2) is 5.78 Å². The number of carbonyl (C=O) groups is 2. The molecule has 0 saturated heterocycles. The number of aryl methyl sites for hydroxylation is 1. The third-order valence-corrected chi connectivity index (χ3v) is 3.19. The molecule has 2 aromatic carbocycles. The van der Waals surface area contributed by atoms with E-state index in [1.165, 1.54) is 6.92 Å². The summed E-state index contributed by atoms with van der Waals surface area (Å²) >= 11 is 0. The van der Waals surface area contributed by atoms with Crippen LogP contribution in [0.25, 0.3) is 0 Å². The van der Waals surface area contributed by atoms with Gasteiger partial charge in [-0.25, -0.2) is 0 Å². The standard InChI is InChI=1S/C17H17NO2/c1-12-5-3-4-6-15(12)11-17(20)18-16-9-7-14(8-10-16)13(2)19/h3-10H,11H2,1-2H3,(H,18,20). The molecular weight excluding hydrogens is 250 g/mol. The molecule has 20 heavy (non-hydrogen) atoms. The van der Waals surface area contributed by atoms with Crippen LogP contribution in [0.2, 0.25) is 0 Å². The van der Waals surface area contributed by atoms with E-state index >= 15 is 0 Å². The molecule has 0 saturated carbocycles. The monoisotopic (exact) mass is 267 g/mol. The second-order valence-corrected chi connectivity index (χ2v) is 4.78. The molecule has 0 atom stereocenters. The molecule has 0 aromatic heterocycles. The number of hydrogen-bond acceptors (Lipinski definition) is 2. The van der Waals surface area contributed by atoms with Crippen molar-refractivity contribution >= 4 is 17.4 Å². The first-order chi connectivity index (χ1) is 9.56. The number of carbonyl (C=O) groups excluding carboxylic acids is 2. The fraction of sp³-hybridized carbons (Fsp3) is 0.176. The number of nitrogens with one attached hydrogen (secondary N) is 1. The lowest BCUT2D eigenvalue weighted by atomic mass is 10.1. The molecule has 2 rings (SSSR count). The maximum atomic E-state index is 12.0. The molecule has 0 aliphatic rings. The molecule has 102 valence electrons. The summed E-state index contributed by atoms with van der Waals surface area (Å²) in [6.07, 6.45) is 0.348. The lowest BCUT2D eigenvalue weighted by Gasteiger charge is -2.07. The molecule has 0 aliphatic heterocycles. The Labute approximate surface area is 118 Å². The fourth-order valence-electron chi connectivity index (χ4n) is 1.97. The van der Waals surface area contributed by atoms with Crippen LogP contribution in [0.15, 0.2) is 48.5 Å². The summed E-state index contributed by atoms with van der Waals surface area (Å²) < 4.78 is 0. The van der Waals surface area contributed by atoms with Crippen molar-refractivity contribution in [1.29, 1.82) is 0 Å². The van der Waals surface area contributed by atoms with Gasteiger partial charge in [-0.3, -0.25) is 9.59 Å². The summed E-state index contributed by atoms with van der Waals surface area (Å²) in [6, 6.07) is 14.7. The Kier molecular flexibility index (Phi) is 4.31. The van der Waals surface area contributed by atoms with Gasteiger partial charge in [-0.1, -0.05) is 24.3 Å². The number of amides is 1. The summed E-state index contributed by atoms with van der Waals surface area (Å²) in [5, 5.41) is 2.83. The molecule has 2 aromatic rings. The van der Waals surface area contributed by atoms with Gasteiger partial charge in [0.25, 0.3) is 0 Å². The van der Waals surface area contributed by atoms with Crippen LogP contribution >= 0.6 is 0 Å². The Morgan fingerprint density at radius 2 is 1.65 bits per heavy atom. The molecule has 1 N–H and O–H groups in total. The molecule has 1 amide bonds. The topological polar surface area (TPSA) is 46.2 Å². The van der Waals surface area contributed by atoms with E-state index in [4.69, 9.17) is 0 Å². The third kappa shape index (κ3) is 3.54. The molecule has 0 spiro atoms. The van der Waals surface area contributed by atoms with Crippen LogP contribution in [0.5, 0.6) is 0 Å². The first-order valence-corrected chi connectivity index (χ1v) is 6.51. The zero-order valence-corrected chi connectivity index (χ0v) is 11.6. The fourth-order valence-corrected chi connectivity index (χ4v) is 1.97. The van der Waals surface area contributed by atoms with Crippen LogP contribution in [0.3, 0.4) is 0 Å². The molecule has 3 nitrogen and oxygen atoms in total. The molecule has 0 bridgehead atoms. The van der Waals surface area contributed by atoms with Crippen LogP contribution in [0, 0.1) is 6.92 Å². The average Bonchev–Trinajstić information content (AvgIpc) is 2.42. The van der Waals surface area contributed by atoms with Gasteiger partial charge in [-0.2, -0.15) is 0 Å². The van der Waals surface area contributed by atoms with Crippen molar-refractivity contribution in [1.82, 2.24) is 0 Å². The predicted octanol–water partition coefficient (Wildman–Crippen LogP) is 3.38. The molecule has 0 radical (unpaired) electrons. The van der Waals surface area contributed by atoms with Crippen LogP contribution in [0.4, 0.5) is 5.69 Å². The third-order valence-electron chi connectivity index (χ3n) is 3.19. The normalized spacial score (nSPS) is 10.1. The number of benzene rings is 2. The van der Waals surface area contributed by atoms with E-state index in [1.54, 1.807) is 24.3 Å². The SMILES string of the molecule is CC(=O)c1ccc(NC(=O)Cc2ccccc2C)cc1. The highest BCUT2D eigenvalue weighted by Gasteiger charge is 2.06. The van der Waals surface area contributed by atoms with E-state index in [1.807, 2.05) is 31.2 Å². The molecule has 3 heteroatoms.